The number of carbonyl (C=O) groups excluding carboxylic acids is 2. The molecule has 1 heterocycles. The van der Waals surface area contributed by atoms with E-state index >= 15 is 0 Å². The molecule has 2 saturated carbocycles. The second kappa shape index (κ2) is 10.4. The molecule has 7 atom stereocenters. The van der Waals surface area contributed by atoms with Crippen molar-refractivity contribution in [1.82, 2.24) is 0 Å². The summed E-state index contributed by atoms with van der Waals surface area (Å²) in [5, 5.41) is 0. The first-order chi connectivity index (χ1) is 14.6. The highest BCUT2D eigenvalue weighted by Gasteiger charge is 2.58. The molecule has 0 aromatic rings. The molecule has 0 bridgehead atoms. The van der Waals surface area contributed by atoms with Crippen LogP contribution in [-0.4, -0.2) is 21.8 Å². The lowest BCUT2D eigenvalue weighted by molar-refractivity contribution is -0.159. The van der Waals surface area contributed by atoms with Crippen molar-refractivity contribution in [3.63, 3.8) is 0 Å². The predicted octanol–water partition coefficient (Wildman–Crippen LogP) is 7.39. The van der Waals surface area contributed by atoms with Crippen LogP contribution >= 0.6 is 22.6 Å². The molecule has 1 aliphatic heterocycles. The fourth-order valence-corrected chi connectivity index (χ4v) is 8.22. The largest absolute Gasteiger partial charge is 0.459 e. The standard InChI is InChI=1S/C27H45IO3/c1-18(2)7-6-8-19(3)22-11-12-23-21(10-9-20(29)17-28)24(13-15-26(22,23)4)27(5)16-14-25(30)31-27/h18-19,21-24H,6-17H2,1-5H3/t19-,21+,22-,23+,24+,26-,27+/m1/s1. The van der Waals surface area contributed by atoms with E-state index in [1.165, 1.54) is 38.5 Å². The van der Waals surface area contributed by atoms with Crippen molar-refractivity contribution in [1.29, 1.82) is 0 Å². The predicted molar refractivity (Wildman–Crippen MR) is 135 cm³/mol. The van der Waals surface area contributed by atoms with Gasteiger partial charge in [-0.3, -0.25) is 9.59 Å². The van der Waals surface area contributed by atoms with E-state index in [1.54, 1.807) is 0 Å². The third kappa shape index (κ3) is 5.51. The van der Waals surface area contributed by atoms with Gasteiger partial charge in [0, 0.05) is 18.8 Å². The van der Waals surface area contributed by atoms with Crippen molar-refractivity contribution in [2.45, 2.75) is 111 Å². The third-order valence-electron chi connectivity index (χ3n) is 9.50. The number of ether oxygens (including phenoxy) is 1. The fraction of sp³-hybridized carbons (Fsp3) is 0.926. The van der Waals surface area contributed by atoms with Crippen LogP contribution in [0.1, 0.15) is 105 Å². The molecule has 1 saturated heterocycles. The SMILES string of the molecule is CC(C)CCC[C@@H](C)[C@H]1CC[C@H]2[C@H](CCC(=O)CI)[C@@H]([C@]3(C)CCC(=O)O3)CC[C@]12C. The lowest BCUT2D eigenvalue weighted by Gasteiger charge is -2.53. The van der Waals surface area contributed by atoms with Crippen LogP contribution in [0.2, 0.25) is 0 Å². The van der Waals surface area contributed by atoms with Crippen LogP contribution in [0.4, 0.5) is 0 Å². The number of hydrogen-bond acceptors (Lipinski definition) is 3. The summed E-state index contributed by atoms with van der Waals surface area (Å²) < 4.78 is 6.57. The Morgan fingerprint density at radius 1 is 1.10 bits per heavy atom. The van der Waals surface area contributed by atoms with Gasteiger partial charge in [0.2, 0.25) is 0 Å². The second-order valence-electron chi connectivity index (χ2n) is 11.9. The number of fused-ring (bicyclic) bond motifs is 1. The zero-order valence-corrected chi connectivity index (χ0v) is 22.7. The molecule has 4 heteroatoms. The smallest absolute Gasteiger partial charge is 0.306 e. The number of hydrogen-bond donors (Lipinski definition) is 0. The van der Waals surface area contributed by atoms with Gasteiger partial charge < -0.3 is 4.74 Å². The summed E-state index contributed by atoms with van der Waals surface area (Å²) in [5.74, 6) is 4.31. The second-order valence-corrected chi connectivity index (χ2v) is 12.7. The van der Waals surface area contributed by atoms with Crippen molar-refractivity contribution in [2.24, 2.45) is 40.9 Å². The van der Waals surface area contributed by atoms with E-state index in [1.807, 2.05) is 0 Å². The van der Waals surface area contributed by atoms with Crippen molar-refractivity contribution in [3.8, 4) is 0 Å². The molecule has 3 fully saturated rings. The number of cyclic esters (lactones) is 1. The van der Waals surface area contributed by atoms with E-state index < -0.39 is 0 Å². The molecule has 0 N–H and O–H groups in total. The topological polar surface area (TPSA) is 43.4 Å². The lowest BCUT2D eigenvalue weighted by atomic mass is 9.53. The number of esters is 1. The van der Waals surface area contributed by atoms with E-state index in [0.717, 1.165) is 37.0 Å². The number of alkyl halides is 1. The maximum Gasteiger partial charge on any atom is 0.306 e. The van der Waals surface area contributed by atoms with Gasteiger partial charge in [0.25, 0.3) is 0 Å². The zero-order chi connectivity index (χ0) is 22.8. The highest BCUT2D eigenvalue weighted by atomic mass is 127. The molecule has 31 heavy (non-hydrogen) atoms. The van der Waals surface area contributed by atoms with Crippen LogP contribution in [0.5, 0.6) is 0 Å². The van der Waals surface area contributed by atoms with Gasteiger partial charge in [-0.2, -0.15) is 0 Å². The summed E-state index contributed by atoms with van der Waals surface area (Å²) in [6.07, 6.45) is 12.1. The molecule has 2 aliphatic carbocycles. The van der Waals surface area contributed by atoms with Gasteiger partial charge in [0.1, 0.15) is 11.4 Å². The zero-order valence-electron chi connectivity index (χ0n) is 20.6. The first-order valence-electron chi connectivity index (χ1n) is 12.9. The van der Waals surface area contributed by atoms with Gasteiger partial charge in [-0.1, -0.05) is 69.5 Å². The lowest BCUT2D eigenvalue weighted by Crippen LogP contribution is -2.50. The Labute approximate surface area is 204 Å². The Bertz CT molecular complexity index is 646. The quantitative estimate of drug-likeness (QED) is 0.164. The Balaban J connectivity index is 1.77. The van der Waals surface area contributed by atoms with Crippen LogP contribution in [0.15, 0.2) is 0 Å². The number of ketones is 1. The molecule has 0 radical (unpaired) electrons. The van der Waals surface area contributed by atoms with Crippen LogP contribution in [-0.2, 0) is 14.3 Å². The highest BCUT2D eigenvalue weighted by Crippen LogP contribution is 2.64. The van der Waals surface area contributed by atoms with Gasteiger partial charge in [-0.15, -0.1) is 0 Å². The van der Waals surface area contributed by atoms with Crippen LogP contribution in [0, 0.1) is 40.9 Å². The Morgan fingerprint density at radius 2 is 1.84 bits per heavy atom. The minimum atomic E-state index is -0.322. The van der Waals surface area contributed by atoms with Crippen LogP contribution in [0.25, 0.3) is 0 Å². The summed E-state index contributed by atoms with van der Waals surface area (Å²) >= 11 is 2.20. The van der Waals surface area contributed by atoms with E-state index in [0.29, 0.717) is 46.2 Å². The summed E-state index contributed by atoms with van der Waals surface area (Å²) in [6.45, 7) is 11.9. The summed E-state index contributed by atoms with van der Waals surface area (Å²) in [5.41, 5.74) is 0.0577. The molecule has 0 aromatic carbocycles. The normalized spacial score (nSPS) is 38.9. The minimum Gasteiger partial charge on any atom is -0.459 e. The van der Waals surface area contributed by atoms with Gasteiger partial charge in [0.15, 0.2) is 0 Å². The first kappa shape index (κ1) is 25.5. The van der Waals surface area contributed by atoms with Crippen molar-refractivity contribution in [2.75, 3.05) is 4.43 Å². The monoisotopic (exact) mass is 544 g/mol. The average molecular weight is 545 g/mol. The van der Waals surface area contributed by atoms with E-state index in [9.17, 15) is 9.59 Å². The van der Waals surface area contributed by atoms with Crippen molar-refractivity contribution < 1.29 is 14.3 Å². The number of carbonyl (C=O) groups is 2. The molecule has 178 valence electrons. The molecule has 0 aromatic heterocycles. The third-order valence-corrected chi connectivity index (χ3v) is 10.4. The maximum absolute atomic E-state index is 12.2. The summed E-state index contributed by atoms with van der Waals surface area (Å²) in [7, 11) is 0. The highest BCUT2D eigenvalue weighted by molar-refractivity contribution is 14.1. The van der Waals surface area contributed by atoms with Crippen LogP contribution < -0.4 is 0 Å². The summed E-state index contributed by atoms with van der Waals surface area (Å²) in [4.78, 5) is 24.3. The molecule has 0 unspecified atom stereocenters. The molecule has 3 aliphatic rings. The average Bonchev–Trinajstić information content (AvgIpc) is 3.24. The molecule has 0 spiro atoms. The van der Waals surface area contributed by atoms with Gasteiger partial charge in [-0.25, -0.2) is 0 Å². The maximum atomic E-state index is 12.2. The number of rotatable bonds is 10. The molecule has 3 rings (SSSR count). The molecule has 0 amide bonds. The van der Waals surface area contributed by atoms with Crippen molar-refractivity contribution >= 4 is 34.3 Å². The van der Waals surface area contributed by atoms with Crippen molar-refractivity contribution in [3.05, 3.63) is 0 Å². The van der Waals surface area contributed by atoms with E-state index in [4.69, 9.17) is 4.74 Å². The summed E-state index contributed by atoms with van der Waals surface area (Å²) in [6, 6.07) is 0. The van der Waals surface area contributed by atoms with Gasteiger partial charge in [-0.05, 0) is 80.5 Å². The number of Topliss-reactive ketones (excluding diaryl/α,β-unsaturated/α-hetero) is 1. The Kier molecular flexibility index (Phi) is 8.57. The van der Waals surface area contributed by atoms with Crippen LogP contribution in [0.3, 0.4) is 0 Å². The Morgan fingerprint density at radius 3 is 2.45 bits per heavy atom. The van der Waals surface area contributed by atoms with E-state index in [2.05, 4.69) is 57.2 Å². The fourth-order valence-electron chi connectivity index (χ4n) is 7.84. The van der Waals surface area contributed by atoms with E-state index in [-0.39, 0.29) is 11.6 Å². The Hall–Kier alpha value is -0.130. The minimum absolute atomic E-state index is 0.0269. The molecular formula is C27H45IO3. The van der Waals surface area contributed by atoms with Gasteiger partial charge in [0.05, 0.1) is 4.43 Å². The molecular weight excluding hydrogens is 499 g/mol. The number of halogens is 1. The first-order valence-corrected chi connectivity index (χ1v) is 14.4. The van der Waals surface area contributed by atoms with Gasteiger partial charge >= 0.3 is 5.97 Å². The molecule has 3 nitrogen and oxygen atoms in total.